The maximum absolute atomic E-state index is 6.40. The van der Waals surface area contributed by atoms with Crippen molar-refractivity contribution in [1.29, 1.82) is 0 Å². The lowest BCUT2D eigenvalue weighted by molar-refractivity contribution is 0.0915. The fourth-order valence-electron chi connectivity index (χ4n) is 4.13. The van der Waals surface area contributed by atoms with Gasteiger partial charge in [0.15, 0.2) is 5.82 Å². The molecule has 0 amide bonds. The molecule has 1 aliphatic heterocycles. The molecule has 0 bridgehead atoms. The van der Waals surface area contributed by atoms with E-state index in [1.54, 1.807) is 12.1 Å². The molecule has 0 fully saturated rings. The van der Waals surface area contributed by atoms with Crippen LogP contribution >= 0.6 is 0 Å². The first kappa shape index (κ1) is 19.6. The summed E-state index contributed by atoms with van der Waals surface area (Å²) in [5, 5.41) is 1.78. The fraction of sp³-hybridized carbons (Fsp3) is 0.524. The van der Waals surface area contributed by atoms with Crippen LogP contribution in [0.15, 0.2) is 12.1 Å². The Morgan fingerprint density at radius 3 is 2.33 bits per heavy atom. The minimum Gasteiger partial charge on any atom is -0.375 e. The van der Waals surface area contributed by atoms with Gasteiger partial charge in [-0.25, -0.2) is 15.8 Å². The summed E-state index contributed by atoms with van der Waals surface area (Å²) >= 11 is 0. The van der Waals surface area contributed by atoms with Gasteiger partial charge in [-0.3, -0.25) is 0 Å². The Balaban J connectivity index is 2.20. The SMILES string of the molecule is CCCC(OC)c1nc(C)nc2c1N(N)CCN2c1c(C)cc(C)cc1C. The summed E-state index contributed by atoms with van der Waals surface area (Å²) in [6.07, 6.45) is 1.83. The van der Waals surface area contributed by atoms with Gasteiger partial charge in [0, 0.05) is 19.3 Å². The predicted molar refractivity (Wildman–Crippen MR) is 111 cm³/mol. The third-order valence-corrected chi connectivity index (χ3v) is 5.16. The average molecular weight is 370 g/mol. The van der Waals surface area contributed by atoms with Crippen LogP contribution in [0.1, 0.15) is 54.1 Å². The summed E-state index contributed by atoms with van der Waals surface area (Å²) in [6.45, 7) is 12.0. The number of benzene rings is 1. The molecule has 1 aromatic carbocycles. The second-order valence-corrected chi connectivity index (χ2v) is 7.43. The number of nitrogens with zero attached hydrogens (tertiary/aromatic N) is 4. The van der Waals surface area contributed by atoms with Crippen molar-refractivity contribution in [2.24, 2.45) is 5.84 Å². The van der Waals surface area contributed by atoms with Crippen molar-refractivity contribution in [3.8, 4) is 0 Å². The third kappa shape index (κ3) is 3.64. The normalized spacial score (nSPS) is 15.1. The Kier molecular flexibility index (Phi) is 5.67. The zero-order chi connectivity index (χ0) is 19.7. The zero-order valence-electron chi connectivity index (χ0n) is 17.3. The molecule has 0 saturated carbocycles. The van der Waals surface area contributed by atoms with E-state index in [1.165, 1.54) is 22.4 Å². The summed E-state index contributed by atoms with van der Waals surface area (Å²) < 4.78 is 5.76. The first-order chi connectivity index (χ1) is 12.9. The van der Waals surface area contributed by atoms with E-state index in [4.69, 9.17) is 20.5 Å². The molecule has 6 heteroatoms. The van der Waals surface area contributed by atoms with E-state index in [1.807, 2.05) is 6.92 Å². The minimum atomic E-state index is -0.0864. The molecular weight excluding hydrogens is 338 g/mol. The van der Waals surface area contributed by atoms with Crippen LogP contribution in [-0.2, 0) is 4.74 Å². The fourth-order valence-corrected chi connectivity index (χ4v) is 4.13. The van der Waals surface area contributed by atoms with Gasteiger partial charge in [0.1, 0.15) is 17.6 Å². The molecule has 1 unspecified atom stereocenters. The quantitative estimate of drug-likeness (QED) is 0.803. The number of aromatic nitrogens is 2. The molecule has 0 aliphatic carbocycles. The summed E-state index contributed by atoms with van der Waals surface area (Å²) in [6, 6.07) is 4.45. The summed E-state index contributed by atoms with van der Waals surface area (Å²) in [5.41, 5.74) is 6.75. The van der Waals surface area contributed by atoms with E-state index in [-0.39, 0.29) is 6.10 Å². The Morgan fingerprint density at radius 1 is 1.07 bits per heavy atom. The number of aryl methyl sites for hydroxylation is 4. The monoisotopic (exact) mass is 369 g/mol. The van der Waals surface area contributed by atoms with Gasteiger partial charge in [0.25, 0.3) is 0 Å². The van der Waals surface area contributed by atoms with Crippen LogP contribution in [0.2, 0.25) is 0 Å². The largest absolute Gasteiger partial charge is 0.375 e. The van der Waals surface area contributed by atoms with E-state index in [0.29, 0.717) is 6.54 Å². The lowest BCUT2D eigenvalue weighted by atomic mass is 10.0. The molecule has 1 aliphatic rings. The molecule has 3 rings (SSSR count). The Morgan fingerprint density at radius 2 is 1.74 bits per heavy atom. The van der Waals surface area contributed by atoms with Gasteiger partial charge in [0.2, 0.25) is 0 Å². The van der Waals surface area contributed by atoms with Crippen molar-refractivity contribution in [1.82, 2.24) is 9.97 Å². The maximum atomic E-state index is 6.40. The number of fused-ring (bicyclic) bond motifs is 1. The lowest BCUT2D eigenvalue weighted by Gasteiger charge is -2.38. The highest BCUT2D eigenvalue weighted by atomic mass is 16.5. The number of nitrogens with two attached hydrogens (primary N) is 1. The Bertz CT molecular complexity index is 813. The molecule has 1 aromatic heterocycles. The van der Waals surface area contributed by atoms with Crippen LogP contribution in [0.4, 0.5) is 17.2 Å². The molecule has 1 atom stereocenters. The maximum Gasteiger partial charge on any atom is 0.162 e. The minimum absolute atomic E-state index is 0.0864. The van der Waals surface area contributed by atoms with Gasteiger partial charge in [-0.15, -0.1) is 0 Å². The first-order valence-electron chi connectivity index (χ1n) is 9.66. The molecule has 2 N–H and O–H groups in total. The number of rotatable bonds is 5. The van der Waals surface area contributed by atoms with E-state index in [0.717, 1.165) is 42.4 Å². The highest BCUT2D eigenvalue weighted by Crippen LogP contribution is 2.42. The van der Waals surface area contributed by atoms with Gasteiger partial charge >= 0.3 is 0 Å². The van der Waals surface area contributed by atoms with Crippen molar-refractivity contribution in [3.05, 3.63) is 40.3 Å². The van der Waals surface area contributed by atoms with Crippen LogP contribution in [0, 0.1) is 27.7 Å². The van der Waals surface area contributed by atoms with E-state index < -0.39 is 0 Å². The highest BCUT2D eigenvalue weighted by molar-refractivity contribution is 5.80. The number of methoxy groups -OCH3 is 1. The highest BCUT2D eigenvalue weighted by Gasteiger charge is 2.31. The van der Waals surface area contributed by atoms with Crippen LogP contribution in [0.5, 0.6) is 0 Å². The van der Waals surface area contributed by atoms with Gasteiger partial charge in [0.05, 0.1) is 12.2 Å². The first-order valence-corrected chi connectivity index (χ1v) is 9.66. The molecule has 2 heterocycles. The molecule has 6 nitrogen and oxygen atoms in total. The van der Waals surface area contributed by atoms with Gasteiger partial charge in [-0.05, 0) is 45.2 Å². The van der Waals surface area contributed by atoms with E-state index >= 15 is 0 Å². The van der Waals surface area contributed by atoms with E-state index in [2.05, 4.69) is 44.7 Å². The molecule has 27 heavy (non-hydrogen) atoms. The molecule has 146 valence electrons. The molecule has 0 spiro atoms. The van der Waals surface area contributed by atoms with Crippen molar-refractivity contribution in [2.75, 3.05) is 30.1 Å². The average Bonchev–Trinajstić information content (AvgIpc) is 2.60. The van der Waals surface area contributed by atoms with Crippen molar-refractivity contribution in [3.63, 3.8) is 0 Å². The van der Waals surface area contributed by atoms with Crippen molar-refractivity contribution in [2.45, 2.75) is 53.6 Å². The van der Waals surface area contributed by atoms with Crippen LogP contribution in [0.25, 0.3) is 0 Å². The third-order valence-electron chi connectivity index (χ3n) is 5.16. The lowest BCUT2D eigenvalue weighted by Crippen LogP contribution is -2.45. The number of anilines is 3. The second kappa shape index (κ2) is 7.82. The number of hydrazine groups is 1. The Labute approximate surface area is 162 Å². The topological polar surface area (TPSA) is 67.5 Å². The molecular formula is C21H31N5O. The van der Waals surface area contributed by atoms with Gasteiger partial charge in [-0.1, -0.05) is 31.0 Å². The summed E-state index contributed by atoms with van der Waals surface area (Å²) in [4.78, 5) is 11.8. The summed E-state index contributed by atoms with van der Waals surface area (Å²) in [7, 11) is 1.74. The van der Waals surface area contributed by atoms with Crippen LogP contribution < -0.4 is 15.8 Å². The standard InChI is InChI=1S/C21H31N5O/c1-7-8-17(27-6)18-20-21(24-16(5)23-18)25(9-10-26(20)22)19-14(3)11-13(2)12-15(19)4/h11-12,17H,7-10,22H2,1-6H3. The number of hydrogen-bond acceptors (Lipinski definition) is 6. The van der Waals surface area contributed by atoms with Gasteiger partial charge < -0.3 is 14.6 Å². The van der Waals surface area contributed by atoms with Crippen molar-refractivity contribution >= 4 is 17.2 Å². The second-order valence-electron chi connectivity index (χ2n) is 7.43. The van der Waals surface area contributed by atoms with Crippen molar-refractivity contribution < 1.29 is 4.74 Å². The summed E-state index contributed by atoms with van der Waals surface area (Å²) in [5.74, 6) is 8.01. The molecule has 0 saturated heterocycles. The van der Waals surface area contributed by atoms with E-state index in [9.17, 15) is 0 Å². The van der Waals surface area contributed by atoms with Crippen LogP contribution in [-0.4, -0.2) is 30.2 Å². The predicted octanol–water partition coefficient (Wildman–Crippen LogP) is 4.03. The molecule has 2 aromatic rings. The zero-order valence-corrected chi connectivity index (χ0v) is 17.3. The molecule has 0 radical (unpaired) electrons. The van der Waals surface area contributed by atoms with Crippen LogP contribution in [0.3, 0.4) is 0 Å². The number of hydrogen-bond donors (Lipinski definition) is 1. The van der Waals surface area contributed by atoms with Gasteiger partial charge in [-0.2, -0.15) is 0 Å². The Hall–Kier alpha value is -2.18. The smallest absolute Gasteiger partial charge is 0.162 e. The number of ether oxygens (including phenoxy) is 1.